The van der Waals surface area contributed by atoms with E-state index in [9.17, 15) is 18.0 Å². The van der Waals surface area contributed by atoms with Gasteiger partial charge in [-0.05, 0) is 12.5 Å². The van der Waals surface area contributed by atoms with Gasteiger partial charge < -0.3 is 19.5 Å². The summed E-state index contributed by atoms with van der Waals surface area (Å²) in [5.74, 6) is -1.99. The Morgan fingerprint density at radius 1 is 1.23 bits per heavy atom. The second kappa shape index (κ2) is 9.25. The van der Waals surface area contributed by atoms with Crippen molar-refractivity contribution in [3.8, 4) is 5.88 Å². The average molecular weight is 440 g/mol. The van der Waals surface area contributed by atoms with Crippen LogP contribution < -0.4 is 4.74 Å². The van der Waals surface area contributed by atoms with Crippen molar-refractivity contribution in [2.45, 2.75) is 18.2 Å². The standard InChI is InChI=1S/C17H18N4O3.C2HF3O2/c22-16(14-9-18-6-7-19-14)21-11-17(12-21)13(4-8-24-17)10-23-15-3-1-2-5-20-15;3-2(4,5)1(6)7/h1-3,5-7,9,13H,4,8,10-12H2;(H,6,7). The highest BCUT2D eigenvalue weighted by atomic mass is 19.4. The lowest BCUT2D eigenvalue weighted by Crippen LogP contribution is -2.66. The van der Waals surface area contributed by atoms with Gasteiger partial charge >= 0.3 is 12.1 Å². The van der Waals surface area contributed by atoms with E-state index >= 15 is 0 Å². The Hall–Kier alpha value is -3.28. The van der Waals surface area contributed by atoms with Gasteiger partial charge in [-0.1, -0.05) is 6.07 Å². The lowest BCUT2D eigenvalue weighted by Gasteiger charge is -2.49. The molecule has 12 heteroatoms. The van der Waals surface area contributed by atoms with E-state index < -0.39 is 12.1 Å². The number of carboxylic acid groups (broad SMARTS) is 1. The predicted molar refractivity (Wildman–Crippen MR) is 98.1 cm³/mol. The molecule has 4 heterocycles. The number of nitrogens with zero attached hydrogens (tertiary/aromatic N) is 4. The molecule has 2 aromatic rings. The Kier molecular flexibility index (Phi) is 6.68. The molecule has 1 unspecified atom stereocenters. The third kappa shape index (κ3) is 5.45. The zero-order valence-corrected chi connectivity index (χ0v) is 16.2. The van der Waals surface area contributed by atoms with Crippen molar-refractivity contribution in [1.82, 2.24) is 19.9 Å². The number of hydrogen-bond donors (Lipinski definition) is 1. The van der Waals surface area contributed by atoms with Crippen LogP contribution in [0.25, 0.3) is 0 Å². The molecule has 0 radical (unpaired) electrons. The normalized spacial score (nSPS) is 19.2. The summed E-state index contributed by atoms with van der Waals surface area (Å²) in [5, 5.41) is 7.12. The summed E-state index contributed by atoms with van der Waals surface area (Å²) in [6, 6.07) is 5.59. The quantitative estimate of drug-likeness (QED) is 0.766. The first kappa shape index (κ1) is 22.4. The minimum Gasteiger partial charge on any atom is -0.477 e. The van der Waals surface area contributed by atoms with Crippen LogP contribution in [0, 0.1) is 5.92 Å². The van der Waals surface area contributed by atoms with Crippen LogP contribution in [0.3, 0.4) is 0 Å². The fourth-order valence-corrected chi connectivity index (χ4v) is 3.30. The number of carboxylic acids is 1. The van der Waals surface area contributed by atoms with Crippen molar-refractivity contribution in [2.75, 3.05) is 26.3 Å². The number of amides is 1. The Bertz CT molecular complexity index is 892. The molecule has 2 aliphatic rings. The number of likely N-dealkylation sites (tertiary alicyclic amines) is 1. The number of rotatable bonds is 4. The summed E-state index contributed by atoms with van der Waals surface area (Å²) < 4.78 is 43.5. The van der Waals surface area contributed by atoms with Crippen molar-refractivity contribution >= 4 is 11.9 Å². The summed E-state index contributed by atoms with van der Waals surface area (Å²) in [7, 11) is 0. The van der Waals surface area contributed by atoms with Crippen LogP contribution in [0.15, 0.2) is 43.0 Å². The minimum atomic E-state index is -5.08. The van der Waals surface area contributed by atoms with Gasteiger partial charge in [-0.3, -0.25) is 9.78 Å². The third-order valence-corrected chi connectivity index (χ3v) is 4.90. The van der Waals surface area contributed by atoms with E-state index in [0.29, 0.717) is 37.9 Å². The van der Waals surface area contributed by atoms with Crippen molar-refractivity contribution in [3.05, 3.63) is 48.7 Å². The molecule has 2 aliphatic heterocycles. The van der Waals surface area contributed by atoms with Crippen LogP contribution in [-0.4, -0.2) is 74.9 Å². The van der Waals surface area contributed by atoms with E-state index in [0.717, 1.165) is 6.42 Å². The Morgan fingerprint density at radius 2 is 1.97 bits per heavy atom. The van der Waals surface area contributed by atoms with Crippen LogP contribution >= 0.6 is 0 Å². The summed E-state index contributed by atoms with van der Waals surface area (Å²) in [6.45, 7) is 2.38. The molecule has 2 saturated heterocycles. The molecule has 1 spiro atoms. The second-order valence-electron chi connectivity index (χ2n) is 6.93. The second-order valence-corrected chi connectivity index (χ2v) is 6.93. The molecule has 1 atom stereocenters. The van der Waals surface area contributed by atoms with E-state index in [-0.39, 0.29) is 17.4 Å². The molecule has 31 heavy (non-hydrogen) atoms. The smallest absolute Gasteiger partial charge is 0.477 e. The largest absolute Gasteiger partial charge is 0.490 e. The zero-order valence-electron chi connectivity index (χ0n) is 16.2. The summed E-state index contributed by atoms with van der Waals surface area (Å²) >= 11 is 0. The Labute approximate surface area is 174 Å². The van der Waals surface area contributed by atoms with Gasteiger partial charge in [0.25, 0.3) is 5.91 Å². The molecule has 0 aliphatic carbocycles. The number of ether oxygens (including phenoxy) is 2. The highest BCUT2D eigenvalue weighted by Gasteiger charge is 2.55. The molecule has 9 nitrogen and oxygen atoms in total. The van der Waals surface area contributed by atoms with Gasteiger partial charge in [-0.2, -0.15) is 13.2 Å². The maximum atomic E-state index is 12.4. The van der Waals surface area contributed by atoms with Gasteiger partial charge in [-0.15, -0.1) is 0 Å². The van der Waals surface area contributed by atoms with Crippen LogP contribution in [0.2, 0.25) is 0 Å². The number of halogens is 3. The average Bonchev–Trinajstić information content (AvgIpc) is 3.16. The highest BCUT2D eigenvalue weighted by molar-refractivity contribution is 5.92. The molecule has 0 bridgehead atoms. The van der Waals surface area contributed by atoms with Gasteiger partial charge in [0.1, 0.15) is 11.3 Å². The van der Waals surface area contributed by atoms with Crippen molar-refractivity contribution in [1.29, 1.82) is 0 Å². The molecule has 166 valence electrons. The molecular formula is C19H19F3N4O5. The number of carbonyl (C=O) groups excluding carboxylic acids is 1. The van der Waals surface area contributed by atoms with Gasteiger partial charge in [0.15, 0.2) is 0 Å². The number of aliphatic carboxylic acids is 1. The molecule has 2 fully saturated rings. The van der Waals surface area contributed by atoms with Crippen molar-refractivity contribution < 1.29 is 37.3 Å². The van der Waals surface area contributed by atoms with Gasteiger partial charge in [0.2, 0.25) is 5.88 Å². The SMILES string of the molecule is O=C(O)C(F)(F)F.O=C(c1cnccn1)N1CC2(C1)OCCC2COc1ccccn1. The van der Waals surface area contributed by atoms with Crippen LogP contribution in [-0.2, 0) is 9.53 Å². The first-order chi connectivity index (χ1) is 14.7. The van der Waals surface area contributed by atoms with E-state index in [1.54, 1.807) is 17.3 Å². The molecule has 0 aromatic carbocycles. The first-order valence-corrected chi connectivity index (χ1v) is 9.24. The number of hydrogen-bond acceptors (Lipinski definition) is 7. The maximum absolute atomic E-state index is 12.4. The van der Waals surface area contributed by atoms with Crippen LogP contribution in [0.1, 0.15) is 16.9 Å². The number of aromatic nitrogens is 3. The fraction of sp³-hybridized carbons (Fsp3) is 0.421. The van der Waals surface area contributed by atoms with E-state index in [2.05, 4.69) is 15.0 Å². The number of pyridine rings is 1. The lowest BCUT2D eigenvalue weighted by molar-refractivity contribution is -0.192. The van der Waals surface area contributed by atoms with E-state index in [4.69, 9.17) is 19.4 Å². The molecule has 4 rings (SSSR count). The predicted octanol–water partition coefficient (Wildman–Crippen LogP) is 1.81. The highest BCUT2D eigenvalue weighted by Crippen LogP contribution is 2.40. The summed E-state index contributed by atoms with van der Waals surface area (Å²) in [5.41, 5.74) is 0.0683. The van der Waals surface area contributed by atoms with Crippen LogP contribution in [0.4, 0.5) is 13.2 Å². The van der Waals surface area contributed by atoms with Crippen molar-refractivity contribution in [3.63, 3.8) is 0 Å². The minimum absolute atomic E-state index is 0.103. The Morgan fingerprint density at radius 3 is 2.55 bits per heavy atom. The van der Waals surface area contributed by atoms with Crippen molar-refractivity contribution in [2.24, 2.45) is 5.92 Å². The Balaban J connectivity index is 0.000000339. The van der Waals surface area contributed by atoms with E-state index in [1.807, 2.05) is 18.2 Å². The molecule has 1 N–H and O–H groups in total. The molecule has 1 amide bonds. The van der Waals surface area contributed by atoms with Crippen LogP contribution in [0.5, 0.6) is 5.88 Å². The first-order valence-electron chi connectivity index (χ1n) is 9.24. The third-order valence-electron chi connectivity index (χ3n) is 4.90. The van der Waals surface area contributed by atoms with Gasteiger partial charge in [0.05, 0.1) is 25.9 Å². The monoisotopic (exact) mass is 440 g/mol. The van der Waals surface area contributed by atoms with E-state index in [1.165, 1.54) is 12.4 Å². The summed E-state index contributed by atoms with van der Waals surface area (Å²) in [6.07, 6.45) is 2.13. The maximum Gasteiger partial charge on any atom is 0.490 e. The summed E-state index contributed by atoms with van der Waals surface area (Å²) in [4.78, 5) is 35.2. The topological polar surface area (TPSA) is 115 Å². The molecule has 0 saturated carbocycles. The zero-order chi connectivity index (χ0) is 22.5. The van der Waals surface area contributed by atoms with Gasteiger partial charge in [0, 0.05) is 37.2 Å². The number of carbonyl (C=O) groups is 2. The molecule has 2 aromatic heterocycles. The fourth-order valence-electron chi connectivity index (χ4n) is 3.30. The molecular weight excluding hydrogens is 421 g/mol. The lowest BCUT2D eigenvalue weighted by atomic mass is 9.81. The van der Waals surface area contributed by atoms with Gasteiger partial charge in [-0.25, -0.2) is 14.8 Å². The number of alkyl halides is 3.